The number of rotatable bonds is 5. The van der Waals surface area contributed by atoms with Gasteiger partial charge in [-0.1, -0.05) is 37.6 Å². The maximum absolute atomic E-state index is 11.7. The molecule has 0 aliphatic rings. The number of ether oxygens (including phenoxy) is 1. The summed E-state index contributed by atoms with van der Waals surface area (Å²) < 4.78 is 5.18. The van der Waals surface area contributed by atoms with Gasteiger partial charge < -0.3 is 9.72 Å². The lowest BCUT2D eigenvalue weighted by molar-refractivity contribution is 0.185. The molecular formula is C15H18N2O2. The first-order valence-electron chi connectivity index (χ1n) is 6.42. The van der Waals surface area contributed by atoms with E-state index in [-0.39, 0.29) is 5.56 Å². The molecule has 19 heavy (non-hydrogen) atoms. The molecule has 0 amide bonds. The van der Waals surface area contributed by atoms with Gasteiger partial charge in [0.1, 0.15) is 5.82 Å². The van der Waals surface area contributed by atoms with E-state index in [4.69, 9.17) is 4.74 Å². The van der Waals surface area contributed by atoms with E-state index in [1.165, 1.54) is 0 Å². The highest BCUT2D eigenvalue weighted by molar-refractivity contribution is 5.59. The number of aryl methyl sites for hydroxylation is 1. The average Bonchev–Trinajstić information content (AvgIpc) is 2.39. The van der Waals surface area contributed by atoms with Gasteiger partial charge in [0.15, 0.2) is 0 Å². The molecule has 1 aromatic carbocycles. The van der Waals surface area contributed by atoms with Crippen molar-refractivity contribution >= 4 is 0 Å². The highest BCUT2D eigenvalue weighted by atomic mass is 16.5. The van der Waals surface area contributed by atoms with Crippen LogP contribution < -0.4 is 5.56 Å². The summed E-state index contributed by atoms with van der Waals surface area (Å²) in [6.45, 7) is 2.57. The second-order valence-electron chi connectivity index (χ2n) is 4.43. The summed E-state index contributed by atoms with van der Waals surface area (Å²) >= 11 is 0. The Morgan fingerprint density at radius 1 is 1.32 bits per heavy atom. The van der Waals surface area contributed by atoms with E-state index in [1.54, 1.807) is 13.2 Å². The maximum atomic E-state index is 11.7. The molecule has 0 atom stereocenters. The van der Waals surface area contributed by atoms with Crippen LogP contribution in [0.3, 0.4) is 0 Å². The second kappa shape index (κ2) is 6.29. The van der Waals surface area contributed by atoms with Crippen molar-refractivity contribution in [2.24, 2.45) is 0 Å². The van der Waals surface area contributed by atoms with Crippen LogP contribution in [-0.2, 0) is 17.8 Å². The first kappa shape index (κ1) is 13.5. The Morgan fingerprint density at radius 2 is 2.11 bits per heavy atom. The third-order valence-electron chi connectivity index (χ3n) is 2.87. The smallest absolute Gasteiger partial charge is 0.251 e. The monoisotopic (exact) mass is 258 g/mol. The molecule has 0 radical (unpaired) electrons. The minimum atomic E-state index is -0.110. The molecule has 1 aromatic heterocycles. The summed E-state index contributed by atoms with van der Waals surface area (Å²) in [5.41, 5.74) is 2.65. The van der Waals surface area contributed by atoms with E-state index < -0.39 is 0 Å². The van der Waals surface area contributed by atoms with Gasteiger partial charge in [0, 0.05) is 24.4 Å². The number of benzene rings is 1. The van der Waals surface area contributed by atoms with Crippen LogP contribution in [0.5, 0.6) is 0 Å². The summed E-state index contributed by atoms with van der Waals surface area (Å²) in [6.07, 6.45) is 1.78. The van der Waals surface area contributed by atoms with Crippen LogP contribution >= 0.6 is 0 Å². The third kappa shape index (κ3) is 3.29. The molecule has 0 bridgehead atoms. The quantitative estimate of drug-likeness (QED) is 0.896. The van der Waals surface area contributed by atoms with Gasteiger partial charge >= 0.3 is 0 Å². The van der Waals surface area contributed by atoms with Crippen molar-refractivity contribution in [3.63, 3.8) is 0 Å². The van der Waals surface area contributed by atoms with Crippen molar-refractivity contribution < 1.29 is 4.74 Å². The normalized spacial score (nSPS) is 10.6. The lowest BCUT2D eigenvalue weighted by Gasteiger charge is -2.09. The second-order valence-corrected chi connectivity index (χ2v) is 4.43. The topological polar surface area (TPSA) is 55.0 Å². The summed E-state index contributed by atoms with van der Waals surface area (Å²) in [5, 5.41) is 0. The van der Waals surface area contributed by atoms with E-state index in [2.05, 4.69) is 16.9 Å². The summed E-state index contributed by atoms with van der Waals surface area (Å²) in [4.78, 5) is 19.0. The molecular weight excluding hydrogens is 240 g/mol. The van der Waals surface area contributed by atoms with Gasteiger partial charge in [-0.05, 0) is 12.0 Å². The van der Waals surface area contributed by atoms with Crippen molar-refractivity contribution in [3.8, 4) is 11.4 Å². The van der Waals surface area contributed by atoms with Crippen LogP contribution in [0.2, 0.25) is 0 Å². The predicted molar refractivity (Wildman–Crippen MR) is 75.0 cm³/mol. The molecule has 0 unspecified atom stereocenters. The predicted octanol–water partition coefficient (Wildman–Crippen LogP) is 2.54. The number of hydrogen-bond donors (Lipinski definition) is 1. The fourth-order valence-electron chi connectivity index (χ4n) is 2.05. The standard InChI is InChI=1S/C15H18N2O2/c1-3-6-12-9-14(18)17-15(16-12)13-8-5-4-7-11(13)10-19-2/h4-5,7-9H,3,6,10H2,1-2H3,(H,16,17,18). The van der Waals surface area contributed by atoms with E-state index in [1.807, 2.05) is 24.3 Å². The molecule has 4 heteroatoms. The molecule has 0 spiro atoms. The third-order valence-corrected chi connectivity index (χ3v) is 2.87. The first-order valence-corrected chi connectivity index (χ1v) is 6.42. The minimum Gasteiger partial charge on any atom is -0.380 e. The Kier molecular flexibility index (Phi) is 4.47. The van der Waals surface area contributed by atoms with Crippen LogP contribution in [0.15, 0.2) is 35.1 Å². The molecule has 0 saturated heterocycles. The molecule has 1 N–H and O–H groups in total. The molecule has 2 rings (SSSR count). The zero-order chi connectivity index (χ0) is 13.7. The van der Waals surface area contributed by atoms with Crippen LogP contribution in [0.4, 0.5) is 0 Å². The van der Waals surface area contributed by atoms with Crippen molar-refractivity contribution in [1.82, 2.24) is 9.97 Å². The lowest BCUT2D eigenvalue weighted by Crippen LogP contribution is -2.11. The van der Waals surface area contributed by atoms with Gasteiger partial charge in [-0.25, -0.2) is 4.98 Å². The Bertz CT molecular complexity index is 605. The minimum absolute atomic E-state index is 0.110. The SMILES string of the molecule is CCCc1cc(=O)[nH]c(-c2ccccc2COC)n1. The Labute approximate surface area is 112 Å². The Morgan fingerprint density at radius 3 is 2.84 bits per heavy atom. The van der Waals surface area contributed by atoms with Gasteiger partial charge in [-0.2, -0.15) is 0 Å². The zero-order valence-electron chi connectivity index (χ0n) is 11.3. The molecule has 0 saturated carbocycles. The van der Waals surface area contributed by atoms with E-state index >= 15 is 0 Å². The van der Waals surface area contributed by atoms with E-state index in [0.29, 0.717) is 12.4 Å². The summed E-state index contributed by atoms with van der Waals surface area (Å²) in [7, 11) is 1.65. The number of methoxy groups -OCH3 is 1. The largest absolute Gasteiger partial charge is 0.380 e. The summed E-state index contributed by atoms with van der Waals surface area (Å²) in [5.74, 6) is 0.614. The Balaban J connectivity index is 2.49. The number of aromatic amines is 1. The first-order chi connectivity index (χ1) is 9.24. The number of nitrogens with zero attached hydrogens (tertiary/aromatic N) is 1. The highest BCUT2D eigenvalue weighted by Crippen LogP contribution is 2.20. The summed E-state index contributed by atoms with van der Waals surface area (Å²) in [6, 6.07) is 9.37. The number of nitrogens with one attached hydrogen (secondary N) is 1. The number of H-pyrrole nitrogens is 1. The van der Waals surface area contributed by atoms with Gasteiger partial charge in [-0.3, -0.25) is 4.79 Å². The van der Waals surface area contributed by atoms with E-state index in [0.717, 1.165) is 29.7 Å². The van der Waals surface area contributed by atoms with Crippen LogP contribution in [0.1, 0.15) is 24.6 Å². The zero-order valence-corrected chi connectivity index (χ0v) is 11.3. The van der Waals surface area contributed by atoms with Crippen molar-refractivity contribution in [3.05, 3.63) is 51.9 Å². The molecule has 100 valence electrons. The number of hydrogen-bond acceptors (Lipinski definition) is 3. The molecule has 0 aliphatic carbocycles. The fourth-order valence-corrected chi connectivity index (χ4v) is 2.05. The van der Waals surface area contributed by atoms with Gasteiger partial charge in [0.2, 0.25) is 0 Å². The fraction of sp³-hybridized carbons (Fsp3) is 0.333. The van der Waals surface area contributed by atoms with Crippen LogP contribution in [-0.4, -0.2) is 17.1 Å². The maximum Gasteiger partial charge on any atom is 0.251 e. The van der Waals surface area contributed by atoms with Crippen molar-refractivity contribution in [1.29, 1.82) is 0 Å². The van der Waals surface area contributed by atoms with Crippen LogP contribution in [0, 0.1) is 0 Å². The highest BCUT2D eigenvalue weighted by Gasteiger charge is 2.08. The molecule has 0 aliphatic heterocycles. The Hall–Kier alpha value is -1.94. The lowest BCUT2D eigenvalue weighted by atomic mass is 10.1. The average molecular weight is 258 g/mol. The van der Waals surface area contributed by atoms with Gasteiger partial charge in [-0.15, -0.1) is 0 Å². The molecule has 0 fully saturated rings. The molecule has 2 aromatic rings. The van der Waals surface area contributed by atoms with Crippen molar-refractivity contribution in [2.75, 3.05) is 7.11 Å². The van der Waals surface area contributed by atoms with E-state index in [9.17, 15) is 4.79 Å². The number of aromatic nitrogens is 2. The van der Waals surface area contributed by atoms with Crippen molar-refractivity contribution in [2.45, 2.75) is 26.4 Å². The van der Waals surface area contributed by atoms with Gasteiger partial charge in [0.05, 0.1) is 6.61 Å². The van der Waals surface area contributed by atoms with Gasteiger partial charge in [0.25, 0.3) is 5.56 Å². The molecule has 4 nitrogen and oxygen atoms in total. The van der Waals surface area contributed by atoms with Crippen LogP contribution in [0.25, 0.3) is 11.4 Å². The molecule has 1 heterocycles.